The number of ether oxygens (including phenoxy) is 2. The molecule has 2 fully saturated rings. The fraction of sp³-hybridized carbons (Fsp3) is 0.667. The van der Waals surface area contributed by atoms with Gasteiger partial charge in [0.1, 0.15) is 5.60 Å². The van der Waals surface area contributed by atoms with Crippen LogP contribution in [0.15, 0.2) is 16.6 Å². The molecule has 0 aliphatic carbocycles. The van der Waals surface area contributed by atoms with Gasteiger partial charge in [-0.1, -0.05) is 12.2 Å². The predicted octanol–water partition coefficient (Wildman–Crippen LogP) is 0.155. The molecule has 3 aliphatic rings. The molecule has 0 radical (unpaired) electrons. The Bertz CT molecular complexity index is 778. The first-order valence-electron chi connectivity index (χ1n) is 9.23. The summed E-state index contributed by atoms with van der Waals surface area (Å²) in [5.41, 5.74) is -0.698. The Labute approximate surface area is 157 Å². The minimum absolute atomic E-state index is 0.0399. The third kappa shape index (κ3) is 2.94. The molecule has 146 valence electrons. The van der Waals surface area contributed by atoms with Crippen LogP contribution in [0.5, 0.6) is 0 Å². The highest BCUT2D eigenvalue weighted by Gasteiger charge is 2.67. The number of hydrogen-bond donors (Lipinski definition) is 0. The Balaban J connectivity index is 1.49. The van der Waals surface area contributed by atoms with Gasteiger partial charge in [-0.15, -0.1) is 10.2 Å². The number of amides is 2. The number of aryl methyl sites for hydroxylation is 1. The second-order valence-electron chi connectivity index (χ2n) is 7.27. The number of nitrogens with zero attached hydrogens (tertiary/aromatic N) is 4. The van der Waals surface area contributed by atoms with E-state index in [2.05, 4.69) is 10.2 Å². The first-order chi connectivity index (χ1) is 12.9. The molecule has 3 aliphatic heterocycles. The van der Waals surface area contributed by atoms with Crippen LogP contribution in [-0.2, 0) is 25.6 Å². The van der Waals surface area contributed by atoms with Crippen molar-refractivity contribution in [2.24, 2.45) is 11.8 Å². The standard InChI is InChI=1S/C18H24N4O5/c1-4-25-8-7-22-10-18-6-5-12(27-18)14(15(18)17(22)24)16(23)21(3)9-13-20-19-11(2)26-13/h5-6,12,14-15H,4,7-10H2,1-3H3/t12-,14-,15-,18-/m0/s1. The average molecular weight is 376 g/mol. The summed E-state index contributed by atoms with van der Waals surface area (Å²) in [4.78, 5) is 29.4. The summed E-state index contributed by atoms with van der Waals surface area (Å²) in [5, 5.41) is 7.71. The molecule has 4 atom stereocenters. The maximum absolute atomic E-state index is 13.1. The normalized spacial score (nSPS) is 31.0. The van der Waals surface area contributed by atoms with Crippen molar-refractivity contribution in [2.45, 2.75) is 32.1 Å². The van der Waals surface area contributed by atoms with Crippen molar-refractivity contribution in [1.82, 2.24) is 20.0 Å². The van der Waals surface area contributed by atoms with E-state index in [1.54, 1.807) is 18.9 Å². The van der Waals surface area contributed by atoms with E-state index in [9.17, 15) is 9.59 Å². The van der Waals surface area contributed by atoms with Crippen molar-refractivity contribution in [3.05, 3.63) is 23.9 Å². The molecule has 1 aromatic heterocycles. The molecule has 2 saturated heterocycles. The van der Waals surface area contributed by atoms with Crippen molar-refractivity contribution < 1.29 is 23.5 Å². The van der Waals surface area contributed by atoms with Gasteiger partial charge in [-0.05, 0) is 6.92 Å². The van der Waals surface area contributed by atoms with Crippen molar-refractivity contribution in [2.75, 3.05) is 33.4 Å². The van der Waals surface area contributed by atoms with Crippen LogP contribution in [0, 0.1) is 18.8 Å². The lowest BCUT2D eigenvalue weighted by atomic mass is 9.76. The molecular weight excluding hydrogens is 352 g/mol. The van der Waals surface area contributed by atoms with Crippen molar-refractivity contribution in [1.29, 1.82) is 0 Å². The van der Waals surface area contributed by atoms with E-state index in [0.29, 0.717) is 38.1 Å². The van der Waals surface area contributed by atoms with E-state index in [-0.39, 0.29) is 24.5 Å². The zero-order chi connectivity index (χ0) is 19.2. The highest BCUT2D eigenvalue weighted by molar-refractivity contribution is 5.92. The van der Waals surface area contributed by atoms with Crippen LogP contribution in [0.1, 0.15) is 18.7 Å². The molecule has 2 amide bonds. The van der Waals surface area contributed by atoms with E-state index in [1.165, 1.54) is 4.90 Å². The Hall–Kier alpha value is -2.26. The number of aromatic nitrogens is 2. The van der Waals surface area contributed by atoms with E-state index in [4.69, 9.17) is 13.9 Å². The summed E-state index contributed by atoms with van der Waals surface area (Å²) in [6.45, 7) is 5.88. The average Bonchev–Trinajstić information content (AvgIpc) is 3.37. The lowest BCUT2D eigenvalue weighted by Gasteiger charge is -2.27. The maximum atomic E-state index is 13.1. The fourth-order valence-electron chi connectivity index (χ4n) is 4.31. The van der Waals surface area contributed by atoms with Crippen LogP contribution in [0.3, 0.4) is 0 Å². The molecule has 0 unspecified atom stereocenters. The van der Waals surface area contributed by atoms with Crippen LogP contribution >= 0.6 is 0 Å². The largest absolute Gasteiger partial charge is 0.424 e. The molecule has 1 aromatic rings. The zero-order valence-corrected chi connectivity index (χ0v) is 15.8. The van der Waals surface area contributed by atoms with Gasteiger partial charge in [0.25, 0.3) is 0 Å². The van der Waals surface area contributed by atoms with Crippen molar-refractivity contribution >= 4 is 11.8 Å². The number of hydrogen-bond acceptors (Lipinski definition) is 7. The molecule has 9 nitrogen and oxygen atoms in total. The number of likely N-dealkylation sites (tertiary alicyclic amines) is 1. The number of fused-ring (bicyclic) bond motifs is 1. The van der Waals surface area contributed by atoms with Gasteiger partial charge in [0.05, 0.1) is 37.6 Å². The van der Waals surface area contributed by atoms with Gasteiger partial charge in [-0.2, -0.15) is 0 Å². The summed E-state index contributed by atoms with van der Waals surface area (Å²) >= 11 is 0. The summed E-state index contributed by atoms with van der Waals surface area (Å²) in [6.07, 6.45) is 3.49. The molecule has 4 rings (SSSR count). The summed E-state index contributed by atoms with van der Waals surface area (Å²) in [5.74, 6) is -0.392. The minimum atomic E-state index is -0.698. The van der Waals surface area contributed by atoms with Gasteiger partial charge in [-0.25, -0.2) is 0 Å². The molecule has 9 heteroatoms. The first-order valence-corrected chi connectivity index (χ1v) is 9.23. The Kier molecular flexibility index (Phi) is 4.51. The third-order valence-electron chi connectivity index (χ3n) is 5.49. The van der Waals surface area contributed by atoms with E-state index in [1.807, 2.05) is 19.1 Å². The smallest absolute Gasteiger partial charge is 0.235 e. The zero-order valence-electron chi connectivity index (χ0n) is 15.8. The fourth-order valence-corrected chi connectivity index (χ4v) is 4.31. The highest BCUT2D eigenvalue weighted by atomic mass is 16.5. The molecule has 0 N–H and O–H groups in total. The summed E-state index contributed by atoms with van der Waals surface area (Å²) < 4.78 is 16.8. The minimum Gasteiger partial charge on any atom is -0.424 e. The first kappa shape index (κ1) is 18.1. The van der Waals surface area contributed by atoms with Gasteiger partial charge >= 0.3 is 0 Å². The van der Waals surface area contributed by atoms with Gasteiger partial charge in [0.15, 0.2) is 0 Å². The van der Waals surface area contributed by atoms with E-state index in [0.717, 1.165) is 0 Å². The predicted molar refractivity (Wildman–Crippen MR) is 92.3 cm³/mol. The Morgan fingerprint density at radius 1 is 1.48 bits per heavy atom. The molecular formula is C18H24N4O5. The van der Waals surface area contributed by atoms with Gasteiger partial charge in [0.2, 0.25) is 23.6 Å². The van der Waals surface area contributed by atoms with Crippen molar-refractivity contribution in [3.8, 4) is 0 Å². The van der Waals surface area contributed by atoms with Crippen LogP contribution in [0.4, 0.5) is 0 Å². The lowest BCUT2D eigenvalue weighted by Crippen LogP contribution is -2.44. The van der Waals surface area contributed by atoms with Crippen LogP contribution in [0.2, 0.25) is 0 Å². The van der Waals surface area contributed by atoms with Gasteiger partial charge < -0.3 is 23.7 Å². The molecule has 27 heavy (non-hydrogen) atoms. The molecule has 1 spiro atoms. The molecule has 2 bridgehead atoms. The molecule has 0 saturated carbocycles. The van der Waals surface area contributed by atoms with Gasteiger partial charge in [-0.3, -0.25) is 9.59 Å². The maximum Gasteiger partial charge on any atom is 0.235 e. The van der Waals surface area contributed by atoms with Crippen LogP contribution in [-0.4, -0.2) is 76.9 Å². The van der Waals surface area contributed by atoms with E-state index < -0.39 is 17.4 Å². The van der Waals surface area contributed by atoms with Crippen LogP contribution < -0.4 is 0 Å². The second-order valence-corrected chi connectivity index (χ2v) is 7.27. The van der Waals surface area contributed by atoms with Crippen LogP contribution in [0.25, 0.3) is 0 Å². The van der Waals surface area contributed by atoms with E-state index >= 15 is 0 Å². The number of carbonyl (C=O) groups is 2. The number of carbonyl (C=O) groups excluding carboxylic acids is 2. The quantitative estimate of drug-likeness (QED) is 0.494. The Morgan fingerprint density at radius 3 is 3.00 bits per heavy atom. The highest BCUT2D eigenvalue weighted by Crippen LogP contribution is 2.52. The monoisotopic (exact) mass is 376 g/mol. The third-order valence-corrected chi connectivity index (χ3v) is 5.49. The molecule has 4 heterocycles. The second kappa shape index (κ2) is 6.72. The van der Waals surface area contributed by atoms with Gasteiger partial charge in [0, 0.05) is 27.1 Å². The number of rotatable bonds is 7. The SMILES string of the molecule is CCOCCN1C[C@]23C=C[C@H](O2)[C@H](C(=O)N(C)Cc2nnc(C)o2)[C@H]3C1=O. The Morgan fingerprint density at radius 2 is 2.30 bits per heavy atom. The molecule has 0 aromatic carbocycles. The lowest BCUT2D eigenvalue weighted by molar-refractivity contribution is -0.143. The summed E-state index contributed by atoms with van der Waals surface area (Å²) in [6, 6.07) is 0. The summed E-state index contributed by atoms with van der Waals surface area (Å²) in [7, 11) is 1.68. The van der Waals surface area contributed by atoms with Crippen molar-refractivity contribution in [3.63, 3.8) is 0 Å². The topological polar surface area (TPSA) is 98.0 Å².